The Kier molecular flexibility index (Phi) is 3.27. The van der Waals surface area contributed by atoms with Gasteiger partial charge in [0.05, 0.1) is 4.70 Å². The van der Waals surface area contributed by atoms with Crippen molar-refractivity contribution in [3.63, 3.8) is 0 Å². The molecule has 0 aliphatic carbocycles. The second-order valence-corrected chi connectivity index (χ2v) is 5.56. The van der Waals surface area contributed by atoms with Crippen LogP contribution in [-0.2, 0) is 0 Å². The summed E-state index contributed by atoms with van der Waals surface area (Å²) >= 11 is 1.73. The molecule has 1 heterocycles. The van der Waals surface area contributed by atoms with E-state index in [4.69, 9.17) is 10.8 Å². The minimum absolute atomic E-state index is 0.204. The monoisotopic (exact) mass is 272 g/mol. The molecule has 1 aromatic heterocycles. The molecular weight excluding hydrogens is 256 g/mol. The van der Waals surface area contributed by atoms with E-state index in [1.807, 2.05) is 18.2 Å². The number of anilines is 2. The van der Waals surface area contributed by atoms with Crippen molar-refractivity contribution < 1.29 is 5.11 Å². The Bertz CT molecular complexity index is 721. The molecule has 2 aromatic carbocycles. The second-order valence-electron chi connectivity index (χ2n) is 4.51. The fraction of sp³-hybridized carbons (Fsp3) is 0.200. The Morgan fingerprint density at radius 3 is 2.84 bits per heavy atom. The lowest BCUT2D eigenvalue weighted by atomic mass is 10.1. The van der Waals surface area contributed by atoms with Gasteiger partial charge >= 0.3 is 0 Å². The SMILES string of the molecule is Nc1ccc(NCCCO)c2c1sc1ccccc12. The van der Waals surface area contributed by atoms with E-state index in [9.17, 15) is 0 Å². The molecule has 0 amide bonds. The van der Waals surface area contributed by atoms with Gasteiger partial charge in [-0.15, -0.1) is 11.3 Å². The summed E-state index contributed by atoms with van der Waals surface area (Å²) < 4.78 is 2.39. The van der Waals surface area contributed by atoms with Gasteiger partial charge in [0.1, 0.15) is 0 Å². The van der Waals surface area contributed by atoms with Crippen LogP contribution in [0, 0.1) is 0 Å². The molecule has 4 heteroatoms. The van der Waals surface area contributed by atoms with Crippen LogP contribution in [0.4, 0.5) is 11.4 Å². The third kappa shape index (κ3) is 2.13. The van der Waals surface area contributed by atoms with E-state index < -0.39 is 0 Å². The number of nitrogens with two attached hydrogens (primary N) is 1. The van der Waals surface area contributed by atoms with Crippen molar-refractivity contribution in [2.24, 2.45) is 0 Å². The largest absolute Gasteiger partial charge is 0.398 e. The standard InChI is InChI=1S/C15H16N2OS/c16-11-6-7-12(17-8-3-9-18)14-10-4-1-2-5-13(10)19-15(11)14/h1-2,4-7,17-18H,3,8-9,16H2. The van der Waals surface area contributed by atoms with Crippen LogP contribution in [0.2, 0.25) is 0 Å². The van der Waals surface area contributed by atoms with Crippen LogP contribution in [0.15, 0.2) is 36.4 Å². The minimum atomic E-state index is 0.204. The number of nitrogens with one attached hydrogen (secondary N) is 1. The van der Waals surface area contributed by atoms with Crippen LogP contribution in [-0.4, -0.2) is 18.3 Å². The number of hydrogen-bond donors (Lipinski definition) is 3. The molecule has 0 aliphatic rings. The van der Waals surface area contributed by atoms with Crippen LogP contribution < -0.4 is 11.1 Å². The highest BCUT2D eigenvalue weighted by molar-refractivity contribution is 7.26. The predicted molar refractivity (Wildman–Crippen MR) is 83.9 cm³/mol. The van der Waals surface area contributed by atoms with Crippen molar-refractivity contribution in [1.29, 1.82) is 0 Å². The summed E-state index contributed by atoms with van der Waals surface area (Å²) in [5.74, 6) is 0. The summed E-state index contributed by atoms with van der Waals surface area (Å²) in [6, 6.07) is 12.3. The van der Waals surface area contributed by atoms with E-state index in [1.165, 1.54) is 15.5 Å². The zero-order valence-corrected chi connectivity index (χ0v) is 11.3. The molecule has 0 saturated heterocycles. The summed E-state index contributed by atoms with van der Waals surface area (Å²) in [5.41, 5.74) is 8.00. The first-order chi connectivity index (χ1) is 9.31. The van der Waals surface area contributed by atoms with Gasteiger partial charge in [-0.25, -0.2) is 0 Å². The van der Waals surface area contributed by atoms with E-state index >= 15 is 0 Å². The van der Waals surface area contributed by atoms with Gasteiger partial charge in [-0.2, -0.15) is 0 Å². The normalized spacial score (nSPS) is 11.2. The number of fused-ring (bicyclic) bond motifs is 3. The van der Waals surface area contributed by atoms with Gasteiger partial charge in [0.25, 0.3) is 0 Å². The number of aliphatic hydroxyl groups is 1. The summed E-state index contributed by atoms with van der Waals surface area (Å²) in [5, 5.41) is 14.7. The van der Waals surface area contributed by atoms with E-state index in [0.717, 1.165) is 29.0 Å². The van der Waals surface area contributed by atoms with Gasteiger partial charge in [-0.1, -0.05) is 18.2 Å². The van der Waals surface area contributed by atoms with Crippen LogP contribution >= 0.6 is 11.3 Å². The Morgan fingerprint density at radius 2 is 2.00 bits per heavy atom. The summed E-state index contributed by atoms with van der Waals surface area (Å²) in [6.45, 7) is 0.967. The second kappa shape index (κ2) is 5.07. The molecule has 98 valence electrons. The topological polar surface area (TPSA) is 58.3 Å². The Hall–Kier alpha value is -1.78. The van der Waals surface area contributed by atoms with Crippen LogP contribution in [0.25, 0.3) is 20.2 Å². The highest BCUT2D eigenvalue weighted by Gasteiger charge is 2.11. The number of benzene rings is 2. The van der Waals surface area contributed by atoms with Crippen LogP contribution in [0.5, 0.6) is 0 Å². The van der Waals surface area contributed by atoms with Crippen molar-refractivity contribution in [2.45, 2.75) is 6.42 Å². The molecule has 0 spiro atoms. The van der Waals surface area contributed by atoms with Gasteiger partial charge in [0, 0.05) is 40.0 Å². The maximum Gasteiger partial charge on any atom is 0.0605 e. The van der Waals surface area contributed by atoms with Crippen molar-refractivity contribution in [1.82, 2.24) is 0 Å². The van der Waals surface area contributed by atoms with E-state index in [1.54, 1.807) is 11.3 Å². The zero-order chi connectivity index (χ0) is 13.2. The van der Waals surface area contributed by atoms with E-state index in [0.29, 0.717) is 0 Å². The molecule has 0 bridgehead atoms. The Labute approximate surface area is 115 Å². The van der Waals surface area contributed by atoms with Gasteiger partial charge in [-0.3, -0.25) is 0 Å². The summed E-state index contributed by atoms with van der Waals surface area (Å²) in [6.07, 6.45) is 0.744. The van der Waals surface area contributed by atoms with Gasteiger partial charge in [-0.05, 0) is 24.6 Å². The van der Waals surface area contributed by atoms with Crippen molar-refractivity contribution in [3.05, 3.63) is 36.4 Å². The summed E-state index contributed by atoms with van der Waals surface area (Å²) in [7, 11) is 0. The van der Waals surface area contributed by atoms with Crippen LogP contribution in [0.3, 0.4) is 0 Å². The molecule has 0 saturated carbocycles. The first-order valence-corrected chi connectivity index (χ1v) is 7.17. The van der Waals surface area contributed by atoms with Gasteiger partial charge in [0.15, 0.2) is 0 Å². The molecule has 0 unspecified atom stereocenters. The lowest BCUT2D eigenvalue weighted by molar-refractivity contribution is 0.292. The molecule has 0 radical (unpaired) electrons. The minimum Gasteiger partial charge on any atom is -0.398 e. The average Bonchev–Trinajstić information content (AvgIpc) is 2.82. The van der Waals surface area contributed by atoms with Gasteiger partial charge in [0.2, 0.25) is 0 Å². The Balaban J connectivity index is 2.19. The molecule has 3 aromatic rings. The van der Waals surface area contributed by atoms with E-state index in [2.05, 4.69) is 23.5 Å². The predicted octanol–water partition coefficient (Wildman–Crippen LogP) is 3.43. The molecular formula is C15H16N2OS. The molecule has 0 aliphatic heterocycles. The fourth-order valence-electron chi connectivity index (χ4n) is 2.30. The maximum absolute atomic E-state index is 8.88. The first kappa shape index (κ1) is 12.3. The molecule has 0 fully saturated rings. The van der Waals surface area contributed by atoms with Gasteiger partial charge < -0.3 is 16.2 Å². The van der Waals surface area contributed by atoms with Crippen molar-refractivity contribution in [2.75, 3.05) is 24.2 Å². The zero-order valence-electron chi connectivity index (χ0n) is 10.5. The highest BCUT2D eigenvalue weighted by atomic mass is 32.1. The summed E-state index contributed by atoms with van der Waals surface area (Å²) in [4.78, 5) is 0. The number of aliphatic hydroxyl groups excluding tert-OH is 1. The first-order valence-electron chi connectivity index (χ1n) is 6.35. The number of rotatable bonds is 4. The maximum atomic E-state index is 8.88. The third-order valence-corrected chi connectivity index (χ3v) is 4.43. The van der Waals surface area contributed by atoms with E-state index in [-0.39, 0.29) is 6.61 Å². The molecule has 3 nitrogen and oxygen atoms in total. The third-order valence-electron chi connectivity index (χ3n) is 3.21. The van der Waals surface area contributed by atoms with Crippen molar-refractivity contribution >= 4 is 42.9 Å². The molecule has 0 atom stereocenters. The quantitative estimate of drug-likeness (QED) is 0.504. The lowest BCUT2D eigenvalue weighted by Gasteiger charge is -2.08. The smallest absolute Gasteiger partial charge is 0.0605 e. The molecule has 19 heavy (non-hydrogen) atoms. The number of nitrogen functional groups attached to an aromatic ring is 1. The number of hydrogen-bond acceptors (Lipinski definition) is 4. The number of thiophene rings is 1. The molecule has 4 N–H and O–H groups in total. The highest BCUT2D eigenvalue weighted by Crippen LogP contribution is 2.41. The van der Waals surface area contributed by atoms with Crippen LogP contribution in [0.1, 0.15) is 6.42 Å². The average molecular weight is 272 g/mol. The van der Waals surface area contributed by atoms with Crippen molar-refractivity contribution in [3.8, 4) is 0 Å². The Morgan fingerprint density at radius 1 is 1.16 bits per heavy atom. The molecule has 3 rings (SSSR count). The fourth-order valence-corrected chi connectivity index (χ4v) is 3.45. The lowest BCUT2D eigenvalue weighted by Crippen LogP contribution is -2.03.